The lowest BCUT2D eigenvalue weighted by Crippen LogP contribution is -2.13. The van der Waals surface area contributed by atoms with Gasteiger partial charge in [-0.05, 0) is 51.5 Å². The molecule has 1 atom stereocenters. The molecule has 4 nitrogen and oxygen atoms in total. The smallest absolute Gasteiger partial charge is 0.310 e. The number of hydrogen-bond acceptors (Lipinski definition) is 3. The first-order chi connectivity index (χ1) is 9.81. The lowest BCUT2D eigenvalue weighted by molar-refractivity contribution is -0.138. The average Bonchev–Trinajstić information content (AvgIpc) is 2.40. The van der Waals surface area contributed by atoms with Gasteiger partial charge in [-0.3, -0.25) is 4.79 Å². The number of nitrogens with zero attached hydrogens (tertiary/aromatic N) is 2. The first-order valence-corrected chi connectivity index (χ1v) is 6.65. The Labute approximate surface area is 122 Å². The molecule has 0 aliphatic carbocycles. The first kappa shape index (κ1) is 15.1. The molecule has 21 heavy (non-hydrogen) atoms. The summed E-state index contributed by atoms with van der Waals surface area (Å²) < 4.78 is 13.3. The molecule has 1 unspecified atom stereocenters. The molecule has 0 aliphatic heterocycles. The zero-order chi connectivity index (χ0) is 15.7. The molecule has 1 aromatic carbocycles. The Morgan fingerprint density at radius 3 is 2.24 bits per heavy atom. The average molecular weight is 288 g/mol. The van der Waals surface area contributed by atoms with Gasteiger partial charge < -0.3 is 5.11 Å². The van der Waals surface area contributed by atoms with Crippen molar-refractivity contribution in [1.29, 1.82) is 0 Å². The highest BCUT2D eigenvalue weighted by atomic mass is 19.1. The Kier molecular flexibility index (Phi) is 4.02. The van der Waals surface area contributed by atoms with Crippen molar-refractivity contribution >= 4 is 5.97 Å². The number of aromatic nitrogens is 2. The lowest BCUT2D eigenvalue weighted by atomic mass is 9.98. The normalized spacial score (nSPS) is 12.2. The van der Waals surface area contributed by atoms with E-state index >= 15 is 0 Å². The maximum absolute atomic E-state index is 13.3. The molecule has 5 heteroatoms. The molecular weight excluding hydrogens is 271 g/mol. The van der Waals surface area contributed by atoms with Gasteiger partial charge in [0.05, 0.1) is 5.92 Å². The van der Waals surface area contributed by atoms with Crippen LogP contribution in [0.1, 0.15) is 35.4 Å². The number of carboxylic acids is 1. The van der Waals surface area contributed by atoms with Crippen LogP contribution >= 0.6 is 0 Å². The van der Waals surface area contributed by atoms with E-state index in [2.05, 4.69) is 9.97 Å². The number of carboxylic acid groups (broad SMARTS) is 1. The van der Waals surface area contributed by atoms with Crippen molar-refractivity contribution in [2.45, 2.75) is 33.6 Å². The molecule has 0 aliphatic rings. The highest BCUT2D eigenvalue weighted by molar-refractivity contribution is 5.76. The van der Waals surface area contributed by atoms with E-state index in [0.717, 1.165) is 5.56 Å². The number of aliphatic carboxylic acids is 1. The summed E-state index contributed by atoms with van der Waals surface area (Å²) in [6, 6.07) is 4.69. The molecule has 110 valence electrons. The van der Waals surface area contributed by atoms with Crippen molar-refractivity contribution in [2.24, 2.45) is 0 Å². The van der Waals surface area contributed by atoms with Gasteiger partial charge >= 0.3 is 5.97 Å². The molecule has 0 amide bonds. The summed E-state index contributed by atoms with van der Waals surface area (Å²) in [5.74, 6) is -1.36. The van der Waals surface area contributed by atoms with E-state index in [4.69, 9.17) is 5.11 Å². The zero-order valence-electron chi connectivity index (χ0n) is 12.4. The quantitative estimate of drug-likeness (QED) is 0.940. The van der Waals surface area contributed by atoms with Gasteiger partial charge in [-0.1, -0.05) is 0 Å². The molecule has 0 bridgehead atoms. The van der Waals surface area contributed by atoms with Gasteiger partial charge in [0.1, 0.15) is 5.82 Å². The molecule has 0 spiro atoms. The molecule has 1 N–H and O–H groups in total. The van der Waals surface area contributed by atoms with Gasteiger partial charge in [0.25, 0.3) is 0 Å². The van der Waals surface area contributed by atoms with Crippen molar-refractivity contribution in [3.63, 3.8) is 0 Å². The maximum Gasteiger partial charge on any atom is 0.310 e. The zero-order valence-corrected chi connectivity index (χ0v) is 12.4. The topological polar surface area (TPSA) is 63.1 Å². The van der Waals surface area contributed by atoms with Gasteiger partial charge in [0, 0.05) is 22.5 Å². The molecular formula is C16H17FN2O2. The Morgan fingerprint density at radius 1 is 1.19 bits per heavy atom. The number of carbonyl (C=O) groups is 1. The Balaban J connectivity index is 2.53. The first-order valence-electron chi connectivity index (χ1n) is 6.65. The fraction of sp³-hybridized carbons (Fsp3) is 0.312. The fourth-order valence-corrected chi connectivity index (χ4v) is 2.39. The molecule has 0 radical (unpaired) electrons. The highest BCUT2D eigenvalue weighted by Crippen LogP contribution is 2.25. The van der Waals surface area contributed by atoms with Crippen LogP contribution in [0.4, 0.5) is 4.39 Å². The minimum absolute atomic E-state index is 0.275. The van der Waals surface area contributed by atoms with E-state index in [0.29, 0.717) is 28.3 Å². The number of rotatable bonds is 3. The largest absolute Gasteiger partial charge is 0.481 e. The molecule has 0 saturated heterocycles. The lowest BCUT2D eigenvalue weighted by Gasteiger charge is -2.14. The predicted octanol–water partition coefficient (Wildman–Crippen LogP) is 3.40. The van der Waals surface area contributed by atoms with Gasteiger partial charge in [-0.15, -0.1) is 0 Å². The third-order valence-corrected chi connectivity index (χ3v) is 3.55. The summed E-state index contributed by atoms with van der Waals surface area (Å²) in [6.45, 7) is 6.83. The highest BCUT2D eigenvalue weighted by Gasteiger charge is 2.21. The predicted molar refractivity (Wildman–Crippen MR) is 77.7 cm³/mol. The summed E-state index contributed by atoms with van der Waals surface area (Å²) >= 11 is 0. The van der Waals surface area contributed by atoms with E-state index in [-0.39, 0.29) is 5.82 Å². The van der Waals surface area contributed by atoms with E-state index < -0.39 is 11.9 Å². The number of halogens is 1. The van der Waals surface area contributed by atoms with Crippen LogP contribution in [0.3, 0.4) is 0 Å². The number of benzene rings is 1. The van der Waals surface area contributed by atoms with Crippen LogP contribution in [-0.4, -0.2) is 21.0 Å². The molecule has 0 saturated carbocycles. The van der Waals surface area contributed by atoms with Crippen molar-refractivity contribution in [3.05, 3.63) is 46.5 Å². The molecule has 2 aromatic rings. The van der Waals surface area contributed by atoms with Crippen LogP contribution in [0, 0.1) is 26.6 Å². The second kappa shape index (κ2) is 5.60. The SMILES string of the molecule is Cc1cc(-c2nc(C)c(C(C)C(=O)O)c(C)n2)ccc1F. The van der Waals surface area contributed by atoms with Gasteiger partial charge in [-0.25, -0.2) is 14.4 Å². The van der Waals surface area contributed by atoms with Gasteiger partial charge in [0.2, 0.25) is 0 Å². The van der Waals surface area contributed by atoms with Gasteiger partial charge in [0.15, 0.2) is 5.82 Å². The second-order valence-corrected chi connectivity index (χ2v) is 5.16. The van der Waals surface area contributed by atoms with Crippen molar-refractivity contribution in [2.75, 3.05) is 0 Å². The maximum atomic E-state index is 13.3. The minimum atomic E-state index is -0.907. The van der Waals surface area contributed by atoms with E-state index in [9.17, 15) is 9.18 Å². The molecule has 1 aromatic heterocycles. The third-order valence-electron chi connectivity index (χ3n) is 3.55. The molecule has 1 heterocycles. The van der Waals surface area contributed by atoms with Crippen LogP contribution in [0.2, 0.25) is 0 Å². The van der Waals surface area contributed by atoms with Crippen LogP contribution < -0.4 is 0 Å². The van der Waals surface area contributed by atoms with Crippen LogP contribution in [0.15, 0.2) is 18.2 Å². The summed E-state index contributed by atoms with van der Waals surface area (Å²) in [5.41, 5.74) is 3.14. The molecule has 0 fully saturated rings. The Hall–Kier alpha value is -2.30. The van der Waals surface area contributed by atoms with E-state index in [1.54, 1.807) is 39.8 Å². The second-order valence-electron chi connectivity index (χ2n) is 5.16. The third kappa shape index (κ3) is 2.91. The summed E-state index contributed by atoms with van der Waals surface area (Å²) in [6.07, 6.45) is 0. The summed E-state index contributed by atoms with van der Waals surface area (Å²) in [4.78, 5) is 19.9. The standard InChI is InChI=1S/C16H17FN2O2/c1-8-7-12(5-6-13(8)17)15-18-10(3)14(11(4)19-15)9(2)16(20)21/h5-7,9H,1-4H3,(H,20,21). The summed E-state index contributed by atoms with van der Waals surface area (Å²) in [5, 5.41) is 9.14. The van der Waals surface area contributed by atoms with E-state index in [1.165, 1.54) is 6.07 Å². The number of aryl methyl sites for hydroxylation is 3. The van der Waals surface area contributed by atoms with Crippen LogP contribution in [0.5, 0.6) is 0 Å². The van der Waals surface area contributed by atoms with Crippen LogP contribution in [0.25, 0.3) is 11.4 Å². The molecule has 2 rings (SSSR count). The van der Waals surface area contributed by atoms with Crippen molar-refractivity contribution < 1.29 is 14.3 Å². The van der Waals surface area contributed by atoms with Gasteiger partial charge in [-0.2, -0.15) is 0 Å². The Morgan fingerprint density at radius 2 is 1.76 bits per heavy atom. The fourth-order valence-electron chi connectivity index (χ4n) is 2.39. The van der Waals surface area contributed by atoms with Crippen molar-refractivity contribution in [3.8, 4) is 11.4 Å². The Bertz CT molecular complexity index is 690. The van der Waals surface area contributed by atoms with Crippen molar-refractivity contribution in [1.82, 2.24) is 9.97 Å². The minimum Gasteiger partial charge on any atom is -0.481 e. The van der Waals surface area contributed by atoms with E-state index in [1.807, 2.05) is 0 Å². The van der Waals surface area contributed by atoms with Crippen LogP contribution in [-0.2, 0) is 4.79 Å². The number of hydrogen-bond donors (Lipinski definition) is 1. The monoisotopic (exact) mass is 288 g/mol. The summed E-state index contributed by atoms with van der Waals surface area (Å²) in [7, 11) is 0.